The Morgan fingerprint density at radius 1 is 0.427 bits per heavy atom. The summed E-state index contributed by atoms with van der Waals surface area (Å²) in [6.45, 7) is 23.6. The fraction of sp³-hybridized carbons (Fsp3) is 0.420. The van der Waals surface area contributed by atoms with Crippen molar-refractivity contribution in [2.45, 2.75) is 166 Å². The molecular weight excluding hydrogens is 1380 g/mol. The monoisotopic (exact) mass is 1460 g/mol. The Morgan fingerprint density at radius 2 is 0.796 bits per heavy atom. The van der Waals surface area contributed by atoms with E-state index in [1.165, 1.54) is 70.3 Å². The van der Waals surface area contributed by atoms with Gasteiger partial charge in [0, 0.05) is 98.9 Å². The summed E-state index contributed by atoms with van der Waals surface area (Å²) in [7, 11) is -5.95. The van der Waals surface area contributed by atoms with E-state index < -0.39 is 91.6 Å². The van der Waals surface area contributed by atoms with Crippen molar-refractivity contribution in [1.82, 2.24) is 64.1 Å². The van der Waals surface area contributed by atoms with Crippen LogP contribution in [0.4, 0.5) is 5.69 Å². The summed E-state index contributed by atoms with van der Waals surface area (Å²) in [4.78, 5) is 178. The Balaban J connectivity index is 0.000000178. The van der Waals surface area contributed by atoms with Gasteiger partial charge in [0.15, 0.2) is 0 Å². The Hall–Kier alpha value is -10.7. The molecule has 9 aliphatic rings. The maximum Gasteiger partial charge on any atom is 0.269 e. The third-order valence-corrected chi connectivity index (χ3v) is 20.9. The summed E-state index contributed by atoms with van der Waals surface area (Å²) >= 11 is 0. The molecule has 0 bridgehead atoms. The number of carbonyl (C=O) groups is 12. The van der Waals surface area contributed by atoms with E-state index in [9.17, 15) is 84.0 Å². The highest BCUT2D eigenvalue weighted by atomic mass is 32.2. The number of anilines is 1. The number of amides is 12. The predicted octanol–water partition coefficient (Wildman–Crippen LogP) is 2.60. The smallest absolute Gasteiger partial charge is 0.269 e. The third kappa shape index (κ3) is 18.0. The second kappa shape index (κ2) is 34.8. The van der Waals surface area contributed by atoms with E-state index in [1.807, 2.05) is 53.7 Å². The fourth-order valence-electron chi connectivity index (χ4n) is 12.1. The van der Waals surface area contributed by atoms with Gasteiger partial charge in [-0.1, -0.05) is 72.4 Å². The lowest BCUT2D eigenvalue weighted by Crippen LogP contribution is -2.54. The number of aromatic nitrogens is 4. The van der Waals surface area contributed by atoms with Crippen LogP contribution < -0.4 is 42.6 Å². The molecule has 550 valence electrons. The first kappa shape index (κ1) is 79.6. The van der Waals surface area contributed by atoms with Gasteiger partial charge in [0.2, 0.25) is 41.4 Å². The number of hydrogen-bond donors (Lipinski definition) is 5. The van der Waals surface area contributed by atoms with Crippen molar-refractivity contribution < 1.29 is 74.4 Å². The molecule has 103 heavy (non-hydrogen) atoms. The molecule has 9 aliphatic heterocycles. The summed E-state index contributed by atoms with van der Waals surface area (Å²) in [6, 6.07) is 16.4. The van der Waals surface area contributed by atoms with Gasteiger partial charge < -0.3 is 20.0 Å². The Kier molecular flexibility index (Phi) is 26.9. The molecule has 0 aliphatic carbocycles. The van der Waals surface area contributed by atoms with Crippen LogP contribution in [0, 0.1) is 13.8 Å². The third-order valence-electron chi connectivity index (χ3n) is 17.2. The molecular formula is C69H84N14O18S2. The van der Waals surface area contributed by atoms with Crippen LogP contribution in [0.15, 0.2) is 123 Å². The number of imide groups is 4. The van der Waals surface area contributed by atoms with Crippen molar-refractivity contribution in [1.29, 1.82) is 0 Å². The topological polar surface area (TPSA) is 419 Å². The summed E-state index contributed by atoms with van der Waals surface area (Å²) in [5, 5.41) is 11.3. The molecule has 3 aromatic carbocycles. The van der Waals surface area contributed by atoms with Crippen molar-refractivity contribution >= 4 is 96.6 Å². The first-order valence-corrected chi connectivity index (χ1v) is 36.6. The second-order valence-electron chi connectivity index (χ2n) is 23.8. The van der Waals surface area contributed by atoms with Gasteiger partial charge in [-0.2, -0.15) is 0 Å². The Labute approximate surface area is 594 Å². The molecule has 5 unspecified atom stereocenters. The maximum atomic E-state index is 12.7. The molecule has 14 rings (SSSR count). The number of carbonyl (C=O) groups excluding carboxylic acids is 12. The lowest BCUT2D eigenvalue weighted by molar-refractivity contribution is -0.138. The standard InChI is InChI=1S/C18H22N4O3.2C12H10N2O5S.C11H13N3O2.C10H11N3O3.3C2H6/c1-20-6-8-21(9-7-20)13-2-3-14-12(10-13)11-22(18(14)25)15-4-5-16(23)19-17(15)24;2*15-10-6-5-8(11(16)13-10)14-12(17)7-3-1-2-4-9(7)20(14,18)19;1-7-3-4-9(11(16)13-7)14-6-12-8(2)5-10(14)15;1-6-4-9(15)13(5-11-6)7-2-3-8(14)12-10(7)16;3*1-2/h2-3,10,15H,4-9,11H2,1H3,(H,19,23,24);2*1-4,8H,5-6H2,(H,13,15,16);5-6,9H,1,3-4H2,2H3,(H,13,16);4-5,7H,2-3H2,1H3,(H,12,14,16);3*1-2H3. The minimum Gasteiger partial charge on any atom is -0.369 e. The first-order chi connectivity index (χ1) is 49.0. The Morgan fingerprint density at radius 3 is 1.17 bits per heavy atom. The SMILES string of the molecule is C=C1CCC(n2cnc(C)cc2=O)C(=O)N1.CC.CC.CC.CN1CCN(c2ccc3c(c2)CN(C2CCC(=O)NC2=O)C3=O)CC1.Cc1cc(=O)n(C2CCC(=O)NC2=O)cn1.O=C1CCC(N2C(=O)c3ccccc3S2(=O)=O)C(=O)N1.O=C1CCC(N2C(=O)c3ccccc3S2(=O)=O)C(=O)N1. The number of nitrogens with zero attached hydrogens (tertiary/aromatic N) is 9. The van der Waals surface area contributed by atoms with Crippen molar-refractivity contribution in [3.05, 3.63) is 158 Å². The molecule has 6 fully saturated rings. The molecule has 34 heteroatoms. The molecule has 0 radical (unpaired) electrons. The summed E-state index contributed by atoms with van der Waals surface area (Å²) in [5.41, 5.74) is 4.36. The van der Waals surface area contributed by atoms with Gasteiger partial charge in [0.05, 0.1) is 23.8 Å². The average Bonchev–Trinajstić information content (AvgIpc) is 1.59. The van der Waals surface area contributed by atoms with Gasteiger partial charge in [0.25, 0.3) is 60.7 Å². The number of hydrogen-bond acceptors (Lipinski definition) is 22. The highest BCUT2D eigenvalue weighted by molar-refractivity contribution is 7.90. The number of likely N-dealkylation sites (N-methyl/N-ethyl adjacent to an activating group) is 1. The average molecular weight is 1460 g/mol. The highest BCUT2D eigenvalue weighted by Crippen LogP contribution is 2.36. The van der Waals surface area contributed by atoms with Crippen molar-refractivity contribution in [3.63, 3.8) is 0 Å². The van der Waals surface area contributed by atoms with Crippen LogP contribution in [-0.2, 0) is 69.7 Å². The van der Waals surface area contributed by atoms with Crippen molar-refractivity contribution in [3.8, 4) is 0 Å². The van der Waals surface area contributed by atoms with Crippen molar-refractivity contribution in [2.24, 2.45) is 0 Å². The van der Waals surface area contributed by atoms with Gasteiger partial charge in [-0.05, 0) is 107 Å². The normalized spacial score (nSPS) is 22.1. The van der Waals surface area contributed by atoms with Crippen LogP contribution in [0.2, 0.25) is 0 Å². The number of sulfonamides is 2. The van der Waals surface area contributed by atoms with Crippen molar-refractivity contribution in [2.75, 3.05) is 38.1 Å². The predicted molar refractivity (Wildman–Crippen MR) is 372 cm³/mol. The zero-order chi connectivity index (χ0) is 75.9. The van der Waals surface area contributed by atoms with Gasteiger partial charge in [-0.15, -0.1) is 0 Å². The number of benzene rings is 3. The van der Waals surface area contributed by atoms with Crippen LogP contribution in [0.1, 0.15) is 166 Å². The molecule has 5 atom stereocenters. The maximum absolute atomic E-state index is 12.7. The molecule has 2 aromatic heterocycles. The second-order valence-corrected chi connectivity index (χ2v) is 27.4. The van der Waals surface area contributed by atoms with E-state index in [0.717, 1.165) is 37.4 Å². The zero-order valence-corrected chi connectivity index (χ0v) is 60.2. The number of aryl methyl sites for hydroxylation is 2. The van der Waals surface area contributed by atoms with Gasteiger partial charge in [-0.3, -0.25) is 97.5 Å². The molecule has 11 heterocycles. The van der Waals surface area contributed by atoms with Gasteiger partial charge in [0.1, 0.15) is 40.0 Å². The van der Waals surface area contributed by atoms with Gasteiger partial charge in [-0.25, -0.2) is 35.4 Å². The molecule has 5 N–H and O–H groups in total. The van der Waals surface area contributed by atoms with E-state index in [0.29, 0.717) is 63.5 Å². The molecule has 0 saturated carbocycles. The van der Waals surface area contributed by atoms with Crippen LogP contribution >= 0.6 is 0 Å². The number of rotatable bonds is 6. The first-order valence-electron chi connectivity index (χ1n) is 33.7. The van der Waals surface area contributed by atoms with Gasteiger partial charge >= 0.3 is 0 Å². The van der Waals surface area contributed by atoms with Crippen LogP contribution in [0.5, 0.6) is 0 Å². The number of piperidine rings is 5. The molecule has 12 amide bonds. The highest BCUT2D eigenvalue weighted by Gasteiger charge is 2.50. The van der Waals surface area contributed by atoms with Crippen LogP contribution in [0.3, 0.4) is 0 Å². The quantitative estimate of drug-likeness (QED) is 0.153. The van der Waals surface area contributed by atoms with Crippen LogP contribution in [-0.4, -0.2) is 177 Å². The summed E-state index contributed by atoms with van der Waals surface area (Å²) in [6.07, 6.45) is 5.34. The Bertz CT molecular complexity index is 4330. The molecule has 6 saturated heterocycles. The lowest BCUT2D eigenvalue weighted by atomic mass is 10.0. The molecule has 32 nitrogen and oxygen atoms in total. The molecule has 0 spiro atoms. The number of fused-ring (bicyclic) bond motifs is 3. The van der Waals surface area contributed by atoms with Crippen LogP contribution in [0.25, 0.3) is 0 Å². The summed E-state index contributed by atoms with van der Waals surface area (Å²) in [5.74, 6) is -5.57. The number of nitrogens with one attached hydrogen (secondary N) is 5. The zero-order valence-electron chi connectivity index (χ0n) is 58.6. The van der Waals surface area contributed by atoms with E-state index in [1.54, 1.807) is 30.9 Å². The van der Waals surface area contributed by atoms with E-state index in [-0.39, 0.29) is 100 Å². The number of piperazine rings is 1. The fourth-order valence-corrected chi connectivity index (χ4v) is 15.6. The minimum absolute atomic E-state index is 0.00360. The van der Waals surface area contributed by atoms with E-state index in [2.05, 4.69) is 66.0 Å². The molecule has 5 aromatic rings. The largest absolute Gasteiger partial charge is 0.369 e. The summed E-state index contributed by atoms with van der Waals surface area (Å²) < 4.78 is 53.2. The minimum atomic E-state index is -4.03. The number of allylic oxidation sites excluding steroid dienone is 1. The van der Waals surface area contributed by atoms with E-state index in [4.69, 9.17) is 0 Å². The van der Waals surface area contributed by atoms with E-state index >= 15 is 0 Å². The lowest BCUT2D eigenvalue weighted by Gasteiger charge is -2.34.